The van der Waals surface area contributed by atoms with Gasteiger partial charge in [0.2, 0.25) is 0 Å². The Kier molecular flexibility index (Phi) is 3.05. The molecule has 16 heavy (non-hydrogen) atoms. The van der Waals surface area contributed by atoms with E-state index in [2.05, 4.69) is 27.5 Å². The van der Waals surface area contributed by atoms with Gasteiger partial charge in [-0.05, 0) is 19.9 Å². The van der Waals surface area contributed by atoms with Crippen molar-refractivity contribution in [1.29, 1.82) is 0 Å². The molecule has 5 nitrogen and oxygen atoms in total. The minimum atomic E-state index is 0.776. The lowest BCUT2D eigenvalue weighted by Gasteiger charge is -2.02. The zero-order chi connectivity index (χ0) is 11.5. The van der Waals surface area contributed by atoms with Crippen molar-refractivity contribution in [1.82, 2.24) is 25.3 Å². The maximum absolute atomic E-state index is 4.20. The van der Waals surface area contributed by atoms with Gasteiger partial charge in [0.25, 0.3) is 0 Å². The summed E-state index contributed by atoms with van der Waals surface area (Å²) in [5.74, 6) is 0. The average molecular weight is 219 g/mol. The Morgan fingerprint density at radius 2 is 2.19 bits per heavy atom. The van der Waals surface area contributed by atoms with Gasteiger partial charge < -0.3 is 5.32 Å². The largest absolute Gasteiger partial charge is 0.307 e. The fourth-order valence-corrected chi connectivity index (χ4v) is 1.61. The molecule has 2 rings (SSSR count). The van der Waals surface area contributed by atoms with Crippen molar-refractivity contribution in [2.24, 2.45) is 7.05 Å². The number of aromatic nitrogens is 4. The quantitative estimate of drug-likeness (QED) is 0.808. The SMILES string of the molecule is Cc1cc(CNCc2cnn(C)c2C)n[nH]1. The molecule has 0 amide bonds. The summed E-state index contributed by atoms with van der Waals surface area (Å²) in [6.45, 7) is 5.68. The zero-order valence-corrected chi connectivity index (χ0v) is 9.91. The second-order valence-corrected chi connectivity index (χ2v) is 4.02. The van der Waals surface area contributed by atoms with Crippen LogP contribution in [-0.2, 0) is 20.1 Å². The van der Waals surface area contributed by atoms with Gasteiger partial charge in [0.1, 0.15) is 0 Å². The molecule has 0 unspecified atom stereocenters. The van der Waals surface area contributed by atoms with Gasteiger partial charge in [-0.1, -0.05) is 0 Å². The number of nitrogens with zero attached hydrogens (tertiary/aromatic N) is 3. The molecule has 2 heterocycles. The number of aromatic amines is 1. The first-order chi connectivity index (χ1) is 7.66. The summed E-state index contributed by atoms with van der Waals surface area (Å²) in [4.78, 5) is 0. The summed E-state index contributed by atoms with van der Waals surface area (Å²) in [7, 11) is 1.95. The summed E-state index contributed by atoms with van der Waals surface area (Å²) < 4.78 is 1.88. The predicted molar refractivity (Wildman–Crippen MR) is 61.8 cm³/mol. The summed E-state index contributed by atoms with van der Waals surface area (Å²) in [5, 5.41) is 14.6. The molecular weight excluding hydrogens is 202 g/mol. The van der Waals surface area contributed by atoms with Crippen LogP contribution in [0.25, 0.3) is 0 Å². The molecule has 86 valence electrons. The van der Waals surface area contributed by atoms with E-state index >= 15 is 0 Å². The standard InChI is InChI=1S/C11H17N5/c1-8-4-11(15-14-8)7-12-5-10-6-13-16(3)9(10)2/h4,6,12H,5,7H2,1-3H3,(H,14,15). The molecule has 0 atom stereocenters. The lowest BCUT2D eigenvalue weighted by atomic mass is 10.2. The Balaban J connectivity index is 1.86. The van der Waals surface area contributed by atoms with E-state index in [-0.39, 0.29) is 0 Å². The lowest BCUT2D eigenvalue weighted by Crippen LogP contribution is -2.13. The summed E-state index contributed by atoms with van der Waals surface area (Å²) in [5.41, 5.74) is 4.56. The van der Waals surface area contributed by atoms with Gasteiger partial charge in [0.15, 0.2) is 0 Å². The first-order valence-corrected chi connectivity index (χ1v) is 5.36. The van der Waals surface area contributed by atoms with Crippen LogP contribution in [-0.4, -0.2) is 20.0 Å². The molecule has 0 aliphatic rings. The van der Waals surface area contributed by atoms with Crippen molar-refractivity contribution in [3.63, 3.8) is 0 Å². The van der Waals surface area contributed by atoms with Crippen molar-refractivity contribution in [2.75, 3.05) is 0 Å². The number of H-pyrrole nitrogens is 1. The molecular formula is C11H17N5. The summed E-state index contributed by atoms with van der Waals surface area (Å²) in [6, 6.07) is 2.04. The molecule has 5 heteroatoms. The minimum absolute atomic E-state index is 0.776. The molecule has 2 N–H and O–H groups in total. The maximum atomic E-state index is 4.20. The fraction of sp³-hybridized carbons (Fsp3) is 0.455. The Bertz CT molecular complexity index is 468. The number of hydrogen-bond donors (Lipinski definition) is 2. The molecule has 2 aromatic rings. The third kappa shape index (κ3) is 2.30. The second-order valence-electron chi connectivity index (χ2n) is 4.02. The summed E-state index contributed by atoms with van der Waals surface area (Å²) >= 11 is 0. The van der Waals surface area contributed by atoms with Crippen molar-refractivity contribution in [2.45, 2.75) is 26.9 Å². The topological polar surface area (TPSA) is 58.5 Å². The number of rotatable bonds is 4. The van der Waals surface area contributed by atoms with Gasteiger partial charge in [-0.15, -0.1) is 0 Å². The van der Waals surface area contributed by atoms with Gasteiger partial charge >= 0.3 is 0 Å². The third-order valence-corrected chi connectivity index (χ3v) is 2.72. The monoisotopic (exact) mass is 219 g/mol. The normalized spacial score (nSPS) is 10.9. The van der Waals surface area contributed by atoms with Crippen molar-refractivity contribution >= 4 is 0 Å². The van der Waals surface area contributed by atoms with Crippen LogP contribution in [0.4, 0.5) is 0 Å². The van der Waals surface area contributed by atoms with Gasteiger partial charge in [-0.3, -0.25) is 9.78 Å². The Labute approximate surface area is 94.9 Å². The van der Waals surface area contributed by atoms with Crippen LogP contribution in [0.2, 0.25) is 0 Å². The Morgan fingerprint density at radius 3 is 2.75 bits per heavy atom. The highest BCUT2D eigenvalue weighted by Crippen LogP contribution is 2.05. The minimum Gasteiger partial charge on any atom is -0.307 e. The van der Waals surface area contributed by atoms with Gasteiger partial charge in [-0.25, -0.2) is 0 Å². The highest BCUT2D eigenvalue weighted by molar-refractivity contribution is 5.15. The molecule has 0 aliphatic heterocycles. The van der Waals surface area contributed by atoms with Crippen LogP contribution in [0, 0.1) is 13.8 Å². The second kappa shape index (κ2) is 4.49. The molecule has 0 saturated carbocycles. The third-order valence-electron chi connectivity index (χ3n) is 2.72. The first kappa shape index (κ1) is 10.9. The van der Waals surface area contributed by atoms with Gasteiger partial charge in [-0.2, -0.15) is 10.2 Å². The first-order valence-electron chi connectivity index (χ1n) is 5.36. The number of hydrogen-bond acceptors (Lipinski definition) is 3. The highest BCUT2D eigenvalue weighted by atomic mass is 15.3. The van der Waals surface area contributed by atoms with E-state index in [0.717, 1.165) is 24.5 Å². The van der Waals surface area contributed by atoms with Crippen LogP contribution in [0.5, 0.6) is 0 Å². The van der Waals surface area contributed by atoms with Crippen LogP contribution in [0.15, 0.2) is 12.3 Å². The van der Waals surface area contributed by atoms with E-state index in [1.807, 2.05) is 30.9 Å². The van der Waals surface area contributed by atoms with Crippen molar-refractivity contribution < 1.29 is 0 Å². The van der Waals surface area contributed by atoms with E-state index in [4.69, 9.17) is 0 Å². The zero-order valence-electron chi connectivity index (χ0n) is 9.91. The van der Waals surface area contributed by atoms with Crippen LogP contribution >= 0.6 is 0 Å². The van der Waals surface area contributed by atoms with E-state index in [1.165, 1.54) is 11.3 Å². The molecule has 0 aliphatic carbocycles. The van der Waals surface area contributed by atoms with Crippen LogP contribution in [0.3, 0.4) is 0 Å². The lowest BCUT2D eigenvalue weighted by molar-refractivity contribution is 0.671. The fourth-order valence-electron chi connectivity index (χ4n) is 1.61. The molecule has 2 aromatic heterocycles. The van der Waals surface area contributed by atoms with E-state index in [1.54, 1.807) is 0 Å². The van der Waals surface area contributed by atoms with E-state index < -0.39 is 0 Å². The van der Waals surface area contributed by atoms with Gasteiger partial charge in [0.05, 0.1) is 11.9 Å². The Hall–Kier alpha value is -1.62. The Morgan fingerprint density at radius 1 is 1.38 bits per heavy atom. The maximum Gasteiger partial charge on any atom is 0.0762 e. The molecule has 0 fully saturated rings. The van der Waals surface area contributed by atoms with E-state index in [0.29, 0.717) is 0 Å². The molecule has 0 spiro atoms. The molecule has 0 bridgehead atoms. The molecule has 0 saturated heterocycles. The van der Waals surface area contributed by atoms with Gasteiger partial charge in [0, 0.05) is 37.1 Å². The highest BCUT2D eigenvalue weighted by Gasteiger charge is 2.03. The number of aryl methyl sites for hydroxylation is 2. The summed E-state index contributed by atoms with van der Waals surface area (Å²) in [6.07, 6.45) is 1.90. The molecule has 0 radical (unpaired) electrons. The molecule has 0 aromatic carbocycles. The predicted octanol–water partition coefficient (Wildman–Crippen LogP) is 1.05. The van der Waals surface area contributed by atoms with Crippen LogP contribution < -0.4 is 5.32 Å². The number of nitrogens with one attached hydrogen (secondary N) is 2. The smallest absolute Gasteiger partial charge is 0.0762 e. The van der Waals surface area contributed by atoms with Crippen LogP contribution in [0.1, 0.15) is 22.6 Å². The van der Waals surface area contributed by atoms with Crippen molar-refractivity contribution in [3.8, 4) is 0 Å². The average Bonchev–Trinajstić information content (AvgIpc) is 2.79. The van der Waals surface area contributed by atoms with Crippen molar-refractivity contribution in [3.05, 3.63) is 34.9 Å². The van der Waals surface area contributed by atoms with E-state index in [9.17, 15) is 0 Å².